The Labute approximate surface area is 103 Å². The van der Waals surface area contributed by atoms with E-state index >= 15 is 0 Å². The summed E-state index contributed by atoms with van der Waals surface area (Å²) in [6.07, 6.45) is 1.57. The lowest BCUT2D eigenvalue weighted by atomic mass is 10.1. The van der Waals surface area contributed by atoms with Gasteiger partial charge in [-0.1, -0.05) is 13.3 Å². The van der Waals surface area contributed by atoms with Gasteiger partial charge < -0.3 is 5.32 Å². The molecule has 1 atom stereocenters. The van der Waals surface area contributed by atoms with Crippen molar-refractivity contribution in [3.8, 4) is 0 Å². The maximum absolute atomic E-state index is 11.8. The molecular formula is C12H23N2O3. The summed E-state index contributed by atoms with van der Waals surface area (Å²) >= 11 is 0. The molecule has 0 unspecified atom stereocenters. The van der Waals surface area contributed by atoms with Gasteiger partial charge in [0.15, 0.2) is 0 Å². The Balaban J connectivity index is 4.73. The highest BCUT2D eigenvalue weighted by Gasteiger charge is 2.28. The van der Waals surface area contributed by atoms with E-state index < -0.39 is 11.6 Å². The zero-order valence-electron chi connectivity index (χ0n) is 11.2. The molecule has 5 heteroatoms. The fourth-order valence-electron chi connectivity index (χ4n) is 1.33. The van der Waals surface area contributed by atoms with Crippen molar-refractivity contribution in [2.75, 3.05) is 6.54 Å². The van der Waals surface area contributed by atoms with Gasteiger partial charge in [-0.15, -0.1) is 0 Å². The predicted molar refractivity (Wildman–Crippen MR) is 65.8 cm³/mol. The van der Waals surface area contributed by atoms with Crippen LogP contribution in [0.2, 0.25) is 0 Å². The second kappa shape index (κ2) is 7.27. The van der Waals surface area contributed by atoms with Gasteiger partial charge in [0.25, 0.3) is 0 Å². The number of carbonyl (C=O) groups is 2. The molecule has 0 bridgehead atoms. The number of likely N-dealkylation sites (N-methyl/N-ethyl adjacent to an activating group) is 1. The van der Waals surface area contributed by atoms with E-state index in [1.807, 2.05) is 27.7 Å². The quantitative estimate of drug-likeness (QED) is 0.541. The molecule has 5 nitrogen and oxygen atoms in total. The first-order valence-corrected chi connectivity index (χ1v) is 5.85. The van der Waals surface area contributed by atoms with Crippen molar-refractivity contribution >= 4 is 12.3 Å². The summed E-state index contributed by atoms with van der Waals surface area (Å²) in [5, 5.41) is 3.76. The molecule has 0 aromatic rings. The standard InChI is InChI=1S/C12H23N2O3/c1-6-8-10(11(16)13-7-2)14(9-15)17-12(3,4)5/h9-10H,1,6-8H2,2-5H3,(H,13,16)/t10-/m0/s1. The lowest BCUT2D eigenvalue weighted by molar-refractivity contribution is -0.231. The van der Waals surface area contributed by atoms with Crippen molar-refractivity contribution in [3.05, 3.63) is 6.92 Å². The monoisotopic (exact) mass is 243 g/mol. The van der Waals surface area contributed by atoms with Crippen LogP contribution in [0.4, 0.5) is 0 Å². The molecule has 1 N–H and O–H groups in total. The second-order valence-corrected chi connectivity index (χ2v) is 4.72. The van der Waals surface area contributed by atoms with Crippen LogP contribution in [0.3, 0.4) is 0 Å². The third-order valence-electron chi connectivity index (χ3n) is 1.92. The van der Waals surface area contributed by atoms with Crippen molar-refractivity contribution in [2.24, 2.45) is 0 Å². The molecule has 0 fully saturated rings. The molecule has 0 aromatic carbocycles. The summed E-state index contributed by atoms with van der Waals surface area (Å²) in [6, 6.07) is -0.621. The average molecular weight is 243 g/mol. The van der Waals surface area contributed by atoms with Gasteiger partial charge in [-0.2, -0.15) is 0 Å². The topological polar surface area (TPSA) is 58.6 Å². The fraction of sp³-hybridized carbons (Fsp3) is 0.750. The Kier molecular flexibility index (Phi) is 6.80. The molecule has 1 radical (unpaired) electrons. The smallest absolute Gasteiger partial charge is 0.245 e. The Bertz CT molecular complexity index is 249. The van der Waals surface area contributed by atoms with E-state index in [4.69, 9.17) is 4.84 Å². The number of hydrogen-bond acceptors (Lipinski definition) is 3. The van der Waals surface area contributed by atoms with Crippen LogP contribution in [0.1, 0.15) is 40.5 Å². The average Bonchev–Trinajstić information content (AvgIpc) is 2.22. The maximum atomic E-state index is 11.8. The SMILES string of the molecule is [CH2]CC[C@@H](C(=O)NCC)N(C=O)OC(C)(C)C. The minimum Gasteiger partial charge on any atom is -0.355 e. The normalized spacial score (nSPS) is 13.0. The first kappa shape index (κ1) is 15.9. The van der Waals surface area contributed by atoms with Gasteiger partial charge in [0.2, 0.25) is 12.3 Å². The molecule has 99 valence electrons. The van der Waals surface area contributed by atoms with E-state index in [0.29, 0.717) is 25.8 Å². The maximum Gasteiger partial charge on any atom is 0.245 e. The summed E-state index contributed by atoms with van der Waals surface area (Å²) in [6.45, 7) is 11.5. The van der Waals surface area contributed by atoms with Gasteiger partial charge in [0, 0.05) is 6.54 Å². The zero-order valence-corrected chi connectivity index (χ0v) is 11.2. The van der Waals surface area contributed by atoms with Crippen LogP contribution in [-0.2, 0) is 14.4 Å². The Morgan fingerprint density at radius 1 is 1.53 bits per heavy atom. The Morgan fingerprint density at radius 3 is 2.47 bits per heavy atom. The van der Waals surface area contributed by atoms with E-state index in [1.54, 1.807) is 0 Å². The van der Waals surface area contributed by atoms with Crippen LogP contribution >= 0.6 is 0 Å². The molecule has 17 heavy (non-hydrogen) atoms. The molecular weight excluding hydrogens is 220 g/mol. The van der Waals surface area contributed by atoms with Crippen LogP contribution in [-0.4, -0.2) is 35.6 Å². The van der Waals surface area contributed by atoms with Crippen LogP contribution in [0.25, 0.3) is 0 Å². The molecule has 0 saturated heterocycles. The molecule has 0 spiro atoms. The number of nitrogens with zero attached hydrogens (tertiary/aromatic N) is 1. The van der Waals surface area contributed by atoms with Crippen molar-refractivity contribution in [3.63, 3.8) is 0 Å². The second-order valence-electron chi connectivity index (χ2n) is 4.72. The summed E-state index contributed by atoms with van der Waals surface area (Å²) in [4.78, 5) is 28.3. The fourth-order valence-corrected chi connectivity index (χ4v) is 1.33. The van der Waals surface area contributed by atoms with E-state index in [-0.39, 0.29) is 5.91 Å². The molecule has 0 saturated carbocycles. The lowest BCUT2D eigenvalue weighted by Gasteiger charge is -2.32. The first-order valence-electron chi connectivity index (χ1n) is 5.85. The minimum absolute atomic E-state index is 0.215. The van der Waals surface area contributed by atoms with Gasteiger partial charge in [-0.3, -0.25) is 14.4 Å². The third kappa shape index (κ3) is 6.26. The lowest BCUT2D eigenvalue weighted by Crippen LogP contribution is -2.48. The Hall–Kier alpha value is -1.10. The van der Waals surface area contributed by atoms with Gasteiger partial charge in [-0.05, 0) is 34.1 Å². The number of nitrogens with one attached hydrogen (secondary N) is 1. The van der Waals surface area contributed by atoms with Crippen molar-refractivity contribution in [1.29, 1.82) is 0 Å². The molecule has 0 heterocycles. The molecule has 0 aromatic heterocycles. The molecule has 0 aliphatic carbocycles. The number of carbonyl (C=O) groups excluding carboxylic acids is 2. The highest BCUT2D eigenvalue weighted by atomic mass is 16.7. The summed E-state index contributed by atoms with van der Waals surface area (Å²) in [7, 11) is 0. The van der Waals surface area contributed by atoms with Gasteiger partial charge in [0.05, 0.1) is 5.60 Å². The van der Waals surface area contributed by atoms with Crippen molar-refractivity contribution in [1.82, 2.24) is 10.4 Å². The molecule has 0 aliphatic heterocycles. The largest absolute Gasteiger partial charge is 0.355 e. The van der Waals surface area contributed by atoms with Crippen molar-refractivity contribution in [2.45, 2.75) is 52.2 Å². The van der Waals surface area contributed by atoms with Crippen LogP contribution < -0.4 is 5.32 Å². The number of hydroxylamine groups is 2. The van der Waals surface area contributed by atoms with Crippen LogP contribution in [0.5, 0.6) is 0 Å². The molecule has 2 amide bonds. The third-order valence-corrected chi connectivity index (χ3v) is 1.92. The summed E-state index contributed by atoms with van der Waals surface area (Å²) < 4.78 is 0. The van der Waals surface area contributed by atoms with E-state index in [2.05, 4.69) is 12.2 Å². The van der Waals surface area contributed by atoms with Gasteiger partial charge in [0.1, 0.15) is 6.04 Å². The van der Waals surface area contributed by atoms with E-state index in [9.17, 15) is 9.59 Å². The van der Waals surface area contributed by atoms with Gasteiger partial charge in [-0.25, -0.2) is 5.06 Å². The molecule has 0 aliphatic rings. The highest BCUT2D eigenvalue weighted by Crippen LogP contribution is 2.14. The van der Waals surface area contributed by atoms with Crippen molar-refractivity contribution < 1.29 is 14.4 Å². The minimum atomic E-state index is -0.621. The number of amides is 2. The van der Waals surface area contributed by atoms with Crippen LogP contribution in [0, 0.1) is 6.92 Å². The predicted octanol–water partition coefficient (Wildman–Crippen LogP) is 1.29. The van der Waals surface area contributed by atoms with E-state index in [1.165, 1.54) is 0 Å². The zero-order chi connectivity index (χ0) is 13.5. The van der Waals surface area contributed by atoms with Gasteiger partial charge >= 0.3 is 0 Å². The summed E-state index contributed by atoms with van der Waals surface area (Å²) in [5.74, 6) is -0.215. The first-order chi connectivity index (χ1) is 7.85. The highest BCUT2D eigenvalue weighted by molar-refractivity contribution is 5.83. The summed E-state index contributed by atoms with van der Waals surface area (Å²) in [5.41, 5.74) is -0.521. The Morgan fingerprint density at radius 2 is 2.12 bits per heavy atom. The van der Waals surface area contributed by atoms with Crippen LogP contribution in [0.15, 0.2) is 0 Å². The number of rotatable bonds is 7. The molecule has 0 rings (SSSR count). The number of hydrogen-bond donors (Lipinski definition) is 1. The van der Waals surface area contributed by atoms with E-state index in [0.717, 1.165) is 5.06 Å².